The summed E-state index contributed by atoms with van der Waals surface area (Å²) >= 11 is 6.24. The van der Waals surface area contributed by atoms with Gasteiger partial charge in [-0.3, -0.25) is 15.4 Å². The number of ether oxygens (including phenoxy) is 1. The average molecular weight is 637 g/mol. The smallest absolute Gasteiger partial charge is 0.354 e. The third-order valence-corrected chi connectivity index (χ3v) is 7.47. The molecule has 4 aromatic rings. The van der Waals surface area contributed by atoms with Gasteiger partial charge in [0.05, 0.1) is 29.1 Å². The van der Waals surface area contributed by atoms with Crippen molar-refractivity contribution < 1.29 is 9.13 Å². The Morgan fingerprint density at radius 1 is 1.13 bits per heavy atom. The Morgan fingerprint density at radius 3 is 2.56 bits per heavy atom. The van der Waals surface area contributed by atoms with Gasteiger partial charge in [-0.05, 0) is 67.1 Å². The average Bonchev–Trinajstić information content (AvgIpc) is 3.41. The lowest BCUT2D eigenvalue weighted by Crippen LogP contribution is -2.40. The molecule has 0 unspecified atom stereocenters. The summed E-state index contributed by atoms with van der Waals surface area (Å²) in [7, 11) is 0. The summed E-state index contributed by atoms with van der Waals surface area (Å²) in [5.41, 5.74) is 19.6. The number of nitrogens with one attached hydrogen (secondary N) is 5. The predicted octanol–water partition coefficient (Wildman–Crippen LogP) is 3.25. The van der Waals surface area contributed by atoms with Crippen LogP contribution in [0.2, 0.25) is 5.02 Å². The molecule has 0 radical (unpaired) electrons. The number of hydrogen-bond donors (Lipinski definition) is 8. The number of hydrogen-bond acceptors (Lipinski definition) is 6. The van der Waals surface area contributed by atoms with Crippen molar-refractivity contribution in [2.75, 3.05) is 13.1 Å². The number of aromatic nitrogens is 3. The van der Waals surface area contributed by atoms with Gasteiger partial charge < -0.3 is 37.6 Å². The van der Waals surface area contributed by atoms with Crippen LogP contribution in [0.4, 0.5) is 4.39 Å². The summed E-state index contributed by atoms with van der Waals surface area (Å²) in [4.78, 5) is 20.2. The van der Waals surface area contributed by atoms with Gasteiger partial charge in [0.15, 0.2) is 17.7 Å². The molecule has 2 heterocycles. The number of nitrogens with zero attached hydrogens (tertiary/aromatic N) is 2. The number of aromatic amines is 1. The monoisotopic (exact) mass is 636 g/mol. The van der Waals surface area contributed by atoms with Crippen molar-refractivity contribution in [3.05, 3.63) is 93.8 Å². The van der Waals surface area contributed by atoms with E-state index in [4.69, 9.17) is 44.4 Å². The van der Waals surface area contributed by atoms with Crippen LogP contribution in [-0.4, -0.2) is 51.7 Å². The largest absolute Gasteiger partial charge is 0.372 e. The molecule has 2 aromatic carbocycles. The highest BCUT2D eigenvalue weighted by Gasteiger charge is 2.16. The second kappa shape index (κ2) is 15.3. The summed E-state index contributed by atoms with van der Waals surface area (Å²) in [6, 6.07) is 12.2. The molecule has 11 N–H and O–H groups in total. The Bertz CT molecular complexity index is 1720. The minimum absolute atomic E-state index is 0.0138. The van der Waals surface area contributed by atoms with Gasteiger partial charge in [0.25, 0.3) is 0 Å². The molecule has 0 aliphatic heterocycles. The number of benzene rings is 2. The second-order valence-corrected chi connectivity index (χ2v) is 11.0. The van der Waals surface area contributed by atoms with Crippen molar-refractivity contribution in [3.8, 4) is 16.9 Å². The molecule has 2 atom stereocenters. The van der Waals surface area contributed by atoms with Crippen molar-refractivity contribution >= 4 is 34.6 Å². The second-order valence-electron chi connectivity index (χ2n) is 10.6. The number of H-pyrrole nitrogens is 1. The Labute approximate surface area is 264 Å². The van der Waals surface area contributed by atoms with Gasteiger partial charge >= 0.3 is 5.69 Å². The van der Waals surface area contributed by atoms with E-state index in [1.807, 2.05) is 12.1 Å². The molecule has 0 saturated carbocycles. The molecule has 0 aliphatic carbocycles. The van der Waals surface area contributed by atoms with Crippen molar-refractivity contribution in [2.45, 2.75) is 44.4 Å². The van der Waals surface area contributed by atoms with Crippen molar-refractivity contribution in [1.29, 1.82) is 10.8 Å². The molecule has 14 heteroatoms. The molecule has 12 nitrogen and oxygen atoms in total. The lowest BCUT2D eigenvalue weighted by Gasteiger charge is -2.19. The van der Waals surface area contributed by atoms with E-state index in [9.17, 15) is 4.79 Å². The fourth-order valence-corrected chi connectivity index (χ4v) is 5.01. The molecule has 238 valence electrons. The standard InChI is InChI=1S/C31H38ClFN10O2/c1-2-21(34)5-3-4-19-12-24(27(33)25(32)13-19)26-14-20-16-43(31(44)42-28(20)41-26)22-8-6-18(7-9-22)17-45-23(15-40-30(37)38)10-11-39-29(35)36/h2,6-9,12-14,16,21,23H,1,3-5,10-11,15,17,34H2,(H4,35,36,39)(H4,37,38,40)(H,41,42,44)/t21-,23+/m0/s1. The van der Waals surface area contributed by atoms with E-state index >= 15 is 4.39 Å². The van der Waals surface area contributed by atoms with Gasteiger partial charge in [0.1, 0.15) is 5.65 Å². The Hall–Kier alpha value is -4.72. The van der Waals surface area contributed by atoms with Crippen LogP contribution in [0.1, 0.15) is 30.4 Å². The molecule has 0 fully saturated rings. The van der Waals surface area contributed by atoms with E-state index in [0.717, 1.165) is 24.0 Å². The van der Waals surface area contributed by atoms with Crippen LogP contribution in [0, 0.1) is 16.6 Å². The molecule has 2 aromatic heterocycles. The van der Waals surface area contributed by atoms with Gasteiger partial charge in [-0.25, -0.2) is 9.18 Å². The zero-order valence-corrected chi connectivity index (χ0v) is 25.5. The SMILES string of the molecule is C=C[C@H](N)CCCc1cc(Cl)c(F)c(-c2cc3cn(-c4ccc(CO[C@H](CCNC(=N)N)CNC(=N)N)cc4)c(=O)nc3[nH]2)c1. The fraction of sp³-hybridized carbons (Fsp3) is 0.290. The summed E-state index contributed by atoms with van der Waals surface area (Å²) in [5, 5.41) is 20.8. The van der Waals surface area contributed by atoms with E-state index in [1.54, 1.807) is 42.6 Å². The maximum Gasteiger partial charge on any atom is 0.354 e. The topological polar surface area (TPSA) is 210 Å². The molecule has 0 aliphatic rings. The van der Waals surface area contributed by atoms with Crippen LogP contribution in [0.15, 0.2) is 66.1 Å². The van der Waals surface area contributed by atoms with Crippen LogP contribution in [0.25, 0.3) is 28.0 Å². The van der Waals surface area contributed by atoms with E-state index in [2.05, 4.69) is 27.2 Å². The number of aryl methyl sites for hydroxylation is 1. The van der Waals surface area contributed by atoms with Crippen LogP contribution in [-0.2, 0) is 17.8 Å². The number of rotatable bonds is 15. The van der Waals surface area contributed by atoms with Crippen LogP contribution in [0.3, 0.4) is 0 Å². The summed E-state index contributed by atoms with van der Waals surface area (Å²) < 4.78 is 22.5. The fourth-order valence-electron chi connectivity index (χ4n) is 4.77. The maximum atomic E-state index is 15.1. The lowest BCUT2D eigenvalue weighted by molar-refractivity contribution is 0.0389. The minimum Gasteiger partial charge on any atom is -0.372 e. The maximum absolute atomic E-state index is 15.1. The van der Waals surface area contributed by atoms with Gasteiger partial charge in [-0.1, -0.05) is 29.8 Å². The predicted molar refractivity (Wildman–Crippen MR) is 176 cm³/mol. The quantitative estimate of drug-likeness (QED) is 0.0550. The first-order valence-corrected chi connectivity index (χ1v) is 14.8. The zero-order chi connectivity index (χ0) is 32.5. The van der Waals surface area contributed by atoms with Crippen molar-refractivity contribution in [1.82, 2.24) is 25.2 Å². The first kappa shape index (κ1) is 33.2. The summed E-state index contributed by atoms with van der Waals surface area (Å²) in [6.07, 6.45) is 5.81. The number of halogens is 2. The Morgan fingerprint density at radius 2 is 1.87 bits per heavy atom. The summed E-state index contributed by atoms with van der Waals surface area (Å²) in [5.74, 6) is -0.858. The van der Waals surface area contributed by atoms with Crippen LogP contribution in [0.5, 0.6) is 0 Å². The normalized spacial score (nSPS) is 12.5. The molecule has 45 heavy (non-hydrogen) atoms. The van der Waals surface area contributed by atoms with Crippen LogP contribution < -0.4 is 33.5 Å². The summed E-state index contributed by atoms with van der Waals surface area (Å²) in [6.45, 7) is 4.71. The minimum atomic E-state index is -0.558. The van der Waals surface area contributed by atoms with Crippen molar-refractivity contribution in [3.63, 3.8) is 0 Å². The number of nitrogens with two attached hydrogens (primary N) is 3. The highest BCUT2D eigenvalue weighted by atomic mass is 35.5. The van der Waals surface area contributed by atoms with Gasteiger partial charge in [0, 0.05) is 36.3 Å². The third kappa shape index (κ3) is 9.14. The van der Waals surface area contributed by atoms with Gasteiger partial charge in [0.2, 0.25) is 0 Å². The number of fused-ring (bicyclic) bond motifs is 1. The van der Waals surface area contributed by atoms with E-state index < -0.39 is 11.5 Å². The molecule has 0 spiro atoms. The zero-order valence-electron chi connectivity index (χ0n) is 24.7. The van der Waals surface area contributed by atoms with E-state index in [1.165, 1.54) is 4.57 Å². The molecular formula is C31H38ClFN10O2. The van der Waals surface area contributed by atoms with Gasteiger partial charge in [-0.15, -0.1) is 6.58 Å². The van der Waals surface area contributed by atoms with Crippen LogP contribution >= 0.6 is 11.6 Å². The lowest BCUT2D eigenvalue weighted by atomic mass is 10.0. The van der Waals surface area contributed by atoms with E-state index in [-0.39, 0.29) is 35.7 Å². The first-order chi connectivity index (χ1) is 21.5. The molecule has 4 rings (SSSR count). The van der Waals surface area contributed by atoms with Gasteiger partial charge in [-0.2, -0.15) is 4.98 Å². The molecule has 0 amide bonds. The first-order valence-electron chi connectivity index (χ1n) is 14.4. The number of guanidine groups is 2. The Balaban J connectivity index is 1.50. The highest BCUT2D eigenvalue weighted by molar-refractivity contribution is 6.31. The molecule has 0 saturated heterocycles. The highest BCUT2D eigenvalue weighted by Crippen LogP contribution is 2.31. The molecular weight excluding hydrogens is 599 g/mol. The third-order valence-electron chi connectivity index (χ3n) is 7.19. The van der Waals surface area contributed by atoms with Crippen molar-refractivity contribution in [2.24, 2.45) is 17.2 Å². The Kier molecular flexibility index (Phi) is 11.3. The van der Waals surface area contributed by atoms with E-state index in [0.29, 0.717) is 53.9 Å². The molecule has 0 bridgehead atoms.